The molecule has 4 nitrogen and oxygen atoms in total. The Bertz CT molecular complexity index is 764. The van der Waals surface area contributed by atoms with Crippen molar-refractivity contribution in [2.24, 2.45) is 5.92 Å². The van der Waals surface area contributed by atoms with E-state index in [0.29, 0.717) is 13.0 Å². The number of nitrogens with one attached hydrogen (secondary N) is 1. The van der Waals surface area contributed by atoms with Crippen LogP contribution in [0.1, 0.15) is 24.8 Å². The number of fused-ring (bicyclic) bond motifs is 1. The molecular formula is C21H28F2N2O2S. The Balaban J connectivity index is 1.37. The van der Waals surface area contributed by atoms with E-state index < -0.39 is 6.61 Å². The molecule has 0 radical (unpaired) electrons. The Labute approximate surface area is 168 Å². The number of hydrogen-bond acceptors (Lipinski definition) is 4. The van der Waals surface area contributed by atoms with E-state index in [1.807, 2.05) is 11.8 Å². The van der Waals surface area contributed by atoms with Crippen molar-refractivity contribution in [3.63, 3.8) is 0 Å². The van der Waals surface area contributed by atoms with Crippen LogP contribution in [0.5, 0.6) is 0 Å². The predicted octanol–water partition coefficient (Wildman–Crippen LogP) is 4.54. The van der Waals surface area contributed by atoms with Gasteiger partial charge in [-0.2, -0.15) is 8.78 Å². The normalized spacial score (nSPS) is 21.9. The van der Waals surface area contributed by atoms with Crippen molar-refractivity contribution in [1.82, 2.24) is 9.88 Å². The number of aromatic nitrogens is 1. The predicted molar refractivity (Wildman–Crippen MR) is 108 cm³/mol. The first-order chi connectivity index (χ1) is 13.7. The zero-order chi connectivity index (χ0) is 19.3. The molecule has 2 aliphatic heterocycles. The highest BCUT2D eigenvalue weighted by Gasteiger charge is 2.25. The fourth-order valence-corrected chi connectivity index (χ4v) is 5.50. The molecule has 4 rings (SSSR count). The van der Waals surface area contributed by atoms with Crippen molar-refractivity contribution in [1.29, 1.82) is 0 Å². The standard InChI is InChI=1S/C21H28F2N2O2S/c22-21(23)27-17-5-9-25(13-17)8-4-16-12-24-18-2-1-3-19(20(16)18)28-14-15-6-10-26-11-7-15/h1-3,12,15,17,21,24H,4-11,13-14H2/t17-/m0/s1. The average Bonchev–Trinajstić information content (AvgIpc) is 3.32. The van der Waals surface area contributed by atoms with Crippen molar-refractivity contribution in [2.45, 2.75) is 43.3 Å². The van der Waals surface area contributed by atoms with E-state index in [0.717, 1.165) is 57.2 Å². The van der Waals surface area contributed by atoms with Crippen LogP contribution >= 0.6 is 11.8 Å². The van der Waals surface area contributed by atoms with E-state index in [4.69, 9.17) is 4.74 Å². The zero-order valence-corrected chi connectivity index (χ0v) is 16.9. The maximum absolute atomic E-state index is 12.4. The average molecular weight is 411 g/mol. The molecule has 2 aliphatic rings. The molecule has 0 bridgehead atoms. The van der Waals surface area contributed by atoms with Crippen LogP contribution in [0.15, 0.2) is 29.3 Å². The lowest BCUT2D eigenvalue weighted by Crippen LogP contribution is -2.26. The highest BCUT2D eigenvalue weighted by atomic mass is 32.2. The number of aromatic amines is 1. The van der Waals surface area contributed by atoms with Gasteiger partial charge in [0.15, 0.2) is 0 Å². The number of ether oxygens (including phenoxy) is 2. The Morgan fingerprint density at radius 2 is 2.11 bits per heavy atom. The Morgan fingerprint density at radius 3 is 2.93 bits per heavy atom. The minimum Gasteiger partial charge on any atom is -0.381 e. The fraction of sp³-hybridized carbons (Fsp3) is 0.619. The van der Waals surface area contributed by atoms with Gasteiger partial charge in [0.25, 0.3) is 0 Å². The van der Waals surface area contributed by atoms with E-state index in [9.17, 15) is 8.78 Å². The molecule has 7 heteroatoms. The second-order valence-electron chi connectivity index (χ2n) is 7.72. The number of likely N-dealkylation sites (tertiary alicyclic amines) is 1. The number of H-pyrrole nitrogens is 1. The van der Waals surface area contributed by atoms with Gasteiger partial charge >= 0.3 is 6.61 Å². The van der Waals surface area contributed by atoms with Crippen molar-refractivity contribution in [3.05, 3.63) is 30.0 Å². The SMILES string of the molecule is FC(F)O[C@H]1CCN(CCc2c[nH]c3cccc(SCC4CCOCC4)c23)C1. The van der Waals surface area contributed by atoms with Crippen LogP contribution in [0.25, 0.3) is 10.9 Å². The third-order valence-corrected chi connectivity index (χ3v) is 7.08. The number of hydrogen-bond donors (Lipinski definition) is 1. The third-order valence-electron chi connectivity index (χ3n) is 5.79. The molecule has 2 saturated heterocycles. The summed E-state index contributed by atoms with van der Waals surface area (Å²) in [6, 6.07) is 6.45. The minimum atomic E-state index is -2.67. The first-order valence-corrected chi connectivity index (χ1v) is 11.1. The van der Waals surface area contributed by atoms with Crippen molar-refractivity contribution >= 4 is 22.7 Å². The van der Waals surface area contributed by atoms with Gasteiger partial charge < -0.3 is 19.4 Å². The summed E-state index contributed by atoms with van der Waals surface area (Å²) < 4.78 is 34.9. The molecule has 1 atom stereocenters. The maximum Gasteiger partial charge on any atom is 0.345 e. The molecule has 28 heavy (non-hydrogen) atoms. The van der Waals surface area contributed by atoms with E-state index in [1.54, 1.807) is 0 Å². The minimum absolute atomic E-state index is 0.339. The van der Waals surface area contributed by atoms with Crippen LogP contribution in [0.3, 0.4) is 0 Å². The summed E-state index contributed by atoms with van der Waals surface area (Å²) in [5.74, 6) is 1.86. The molecule has 0 aliphatic carbocycles. The molecule has 154 valence electrons. The lowest BCUT2D eigenvalue weighted by molar-refractivity contribution is -0.158. The Hall–Kier alpha value is -1.15. The van der Waals surface area contributed by atoms with Crippen LogP contribution in [0.4, 0.5) is 8.78 Å². The summed E-state index contributed by atoms with van der Waals surface area (Å²) in [4.78, 5) is 6.96. The van der Waals surface area contributed by atoms with Gasteiger partial charge in [-0.15, -0.1) is 11.8 Å². The monoisotopic (exact) mass is 410 g/mol. The van der Waals surface area contributed by atoms with Gasteiger partial charge in [-0.3, -0.25) is 0 Å². The second kappa shape index (κ2) is 9.57. The molecule has 2 aromatic rings. The van der Waals surface area contributed by atoms with E-state index in [2.05, 4.69) is 39.0 Å². The first kappa shape index (κ1) is 20.1. The highest BCUT2D eigenvalue weighted by Crippen LogP contribution is 2.33. The van der Waals surface area contributed by atoms with Crippen molar-refractivity contribution < 1.29 is 18.3 Å². The molecule has 3 heterocycles. The molecule has 1 aromatic heterocycles. The quantitative estimate of drug-likeness (QED) is 0.648. The summed E-state index contributed by atoms with van der Waals surface area (Å²) in [7, 11) is 0. The summed E-state index contributed by atoms with van der Waals surface area (Å²) in [5, 5.41) is 1.32. The van der Waals surface area contributed by atoms with Crippen LogP contribution < -0.4 is 0 Å². The van der Waals surface area contributed by atoms with Gasteiger partial charge in [-0.05, 0) is 49.3 Å². The van der Waals surface area contributed by atoms with E-state index >= 15 is 0 Å². The summed E-state index contributed by atoms with van der Waals surface area (Å²) in [5.41, 5.74) is 2.48. The number of nitrogens with zero attached hydrogens (tertiary/aromatic N) is 1. The molecule has 0 spiro atoms. The van der Waals surface area contributed by atoms with Crippen LogP contribution in [0.2, 0.25) is 0 Å². The third kappa shape index (κ3) is 5.06. The Kier molecular flexibility index (Phi) is 6.88. The topological polar surface area (TPSA) is 37.5 Å². The van der Waals surface area contributed by atoms with Gasteiger partial charge in [0.1, 0.15) is 0 Å². The number of alkyl halides is 2. The van der Waals surface area contributed by atoms with Crippen LogP contribution in [0, 0.1) is 5.92 Å². The van der Waals surface area contributed by atoms with Gasteiger partial charge in [0.05, 0.1) is 6.10 Å². The van der Waals surface area contributed by atoms with Gasteiger partial charge in [-0.1, -0.05) is 6.07 Å². The molecule has 0 amide bonds. The van der Waals surface area contributed by atoms with Crippen molar-refractivity contribution in [2.75, 3.05) is 38.6 Å². The zero-order valence-electron chi connectivity index (χ0n) is 16.0. The van der Waals surface area contributed by atoms with E-state index in [-0.39, 0.29) is 6.10 Å². The molecule has 1 N–H and O–H groups in total. The summed E-state index contributed by atoms with van der Waals surface area (Å²) >= 11 is 1.95. The first-order valence-electron chi connectivity index (χ1n) is 10.1. The number of benzene rings is 1. The smallest absolute Gasteiger partial charge is 0.345 e. The summed E-state index contributed by atoms with van der Waals surface area (Å²) in [6.07, 6.45) is 5.67. The number of halogens is 2. The molecule has 0 saturated carbocycles. The summed E-state index contributed by atoms with van der Waals surface area (Å²) in [6.45, 7) is 1.39. The van der Waals surface area contributed by atoms with Gasteiger partial charge in [0, 0.05) is 60.6 Å². The largest absolute Gasteiger partial charge is 0.381 e. The van der Waals surface area contributed by atoms with Gasteiger partial charge in [-0.25, -0.2) is 0 Å². The van der Waals surface area contributed by atoms with Crippen LogP contribution in [-0.4, -0.2) is 61.2 Å². The van der Waals surface area contributed by atoms with Crippen LogP contribution in [-0.2, 0) is 15.9 Å². The van der Waals surface area contributed by atoms with Gasteiger partial charge in [0.2, 0.25) is 0 Å². The molecular weight excluding hydrogens is 382 g/mol. The molecule has 1 aromatic carbocycles. The maximum atomic E-state index is 12.4. The van der Waals surface area contributed by atoms with E-state index in [1.165, 1.54) is 21.4 Å². The highest BCUT2D eigenvalue weighted by molar-refractivity contribution is 7.99. The molecule has 2 fully saturated rings. The number of rotatable bonds is 8. The Morgan fingerprint density at radius 1 is 1.25 bits per heavy atom. The van der Waals surface area contributed by atoms with Crippen molar-refractivity contribution in [3.8, 4) is 0 Å². The second-order valence-corrected chi connectivity index (χ2v) is 8.78. The lowest BCUT2D eigenvalue weighted by Gasteiger charge is -2.21. The number of thioether (sulfide) groups is 1. The molecule has 0 unspecified atom stereocenters. The fourth-order valence-electron chi connectivity index (χ4n) is 4.19. The lowest BCUT2D eigenvalue weighted by atomic mass is 10.0.